The summed E-state index contributed by atoms with van der Waals surface area (Å²) in [5.41, 5.74) is 7.33. The summed E-state index contributed by atoms with van der Waals surface area (Å²) in [7, 11) is 0. The molecule has 0 spiro atoms. The minimum absolute atomic E-state index is 0. The van der Waals surface area contributed by atoms with Crippen molar-refractivity contribution < 1.29 is 4.79 Å². The van der Waals surface area contributed by atoms with Crippen LogP contribution in [0.5, 0.6) is 0 Å². The maximum Gasteiger partial charge on any atom is 0.239 e. The number of rotatable bonds is 6. The molecule has 2 N–H and O–H groups in total. The summed E-state index contributed by atoms with van der Waals surface area (Å²) in [4.78, 5) is 16.8. The Morgan fingerprint density at radius 2 is 1.87 bits per heavy atom. The van der Waals surface area contributed by atoms with E-state index in [2.05, 4.69) is 29.2 Å². The predicted molar refractivity (Wildman–Crippen MR) is 97.9 cm³/mol. The predicted octanol–water partition coefficient (Wildman–Crippen LogP) is 2.34. The van der Waals surface area contributed by atoms with E-state index in [1.165, 1.54) is 5.56 Å². The first-order valence-electron chi connectivity index (χ1n) is 8.40. The summed E-state index contributed by atoms with van der Waals surface area (Å²) >= 11 is 0. The third-order valence-electron chi connectivity index (χ3n) is 4.98. The van der Waals surface area contributed by atoms with Crippen molar-refractivity contribution in [2.45, 2.75) is 32.7 Å². The van der Waals surface area contributed by atoms with Gasteiger partial charge in [0.1, 0.15) is 0 Å². The van der Waals surface area contributed by atoms with Crippen LogP contribution in [0.3, 0.4) is 0 Å². The van der Waals surface area contributed by atoms with Crippen molar-refractivity contribution in [2.75, 3.05) is 32.7 Å². The van der Waals surface area contributed by atoms with E-state index >= 15 is 0 Å². The van der Waals surface area contributed by atoms with Crippen LogP contribution in [0, 0.1) is 5.92 Å². The lowest BCUT2D eigenvalue weighted by atomic mass is 9.89. The van der Waals surface area contributed by atoms with E-state index < -0.39 is 0 Å². The molecule has 130 valence electrons. The maximum atomic E-state index is 12.6. The number of hydrogen-bond donors (Lipinski definition) is 1. The summed E-state index contributed by atoms with van der Waals surface area (Å²) in [6, 6.07) is 10.5. The van der Waals surface area contributed by atoms with Gasteiger partial charge in [-0.2, -0.15) is 0 Å². The van der Waals surface area contributed by atoms with Crippen molar-refractivity contribution in [1.82, 2.24) is 9.80 Å². The summed E-state index contributed by atoms with van der Waals surface area (Å²) in [5, 5.41) is 0. The molecule has 1 aliphatic heterocycles. The Balaban J connectivity index is 0.00000264. The van der Waals surface area contributed by atoms with E-state index in [4.69, 9.17) is 5.73 Å². The average Bonchev–Trinajstić information content (AvgIpc) is 3.00. The van der Waals surface area contributed by atoms with Crippen LogP contribution in [0.15, 0.2) is 30.3 Å². The minimum Gasteiger partial charge on any atom is -0.342 e. The minimum atomic E-state index is -0.0670. The van der Waals surface area contributed by atoms with Crippen molar-refractivity contribution in [3.8, 4) is 0 Å². The van der Waals surface area contributed by atoms with Gasteiger partial charge in [-0.15, -0.1) is 12.4 Å². The molecule has 0 radical (unpaired) electrons. The number of benzene rings is 1. The highest BCUT2D eigenvalue weighted by molar-refractivity contribution is 5.85. The van der Waals surface area contributed by atoms with Gasteiger partial charge in [-0.05, 0) is 38.8 Å². The van der Waals surface area contributed by atoms with Crippen LogP contribution in [-0.2, 0) is 4.79 Å². The summed E-state index contributed by atoms with van der Waals surface area (Å²) in [6.45, 7) is 10.1. The van der Waals surface area contributed by atoms with Crippen molar-refractivity contribution in [1.29, 1.82) is 0 Å². The van der Waals surface area contributed by atoms with Crippen LogP contribution in [-0.4, -0.2) is 54.5 Å². The van der Waals surface area contributed by atoms with E-state index in [0.717, 1.165) is 26.2 Å². The van der Waals surface area contributed by atoms with Gasteiger partial charge >= 0.3 is 0 Å². The molecule has 1 aromatic rings. The number of likely N-dealkylation sites (tertiary alicyclic amines) is 1. The first kappa shape index (κ1) is 19.9. The monoisotopic (exact) mass is 339 g/mol. The first-order chi connectivity index (χ1) is 10.6. The van der Waals surface area contributed by atoms with Crippen LogP contribution in [0.25, 0.3) is 0 Å². The molecule has 0 aromatic heterocycles. The van der Waals surface area contributed by atoms with E-state index in [1.54, 1.807) is 0 Å². The molecular formula is C18H30ClN3O. The standard InChI is InChI=1S/C18H29N3O.ClH/c1-4-20(5-2)18(22)14(3)21-12-16(11-19)17(13-21)15-9-7-6-8-10-15;/h6-10,14,16-17H,4-5,11-13,19H2,1-3H3;1H/t14?,16-,17+;/m1./s1. The van der Waals surface area contributed by atoms with Gasteiger partial charge in [-0.1, -0.05) is 30.3 Å². The summed E-state index contributed by atoms with van der Waals surface area (Å²) < 4.78 is 0. The average molecular weight is 340 g/mol. The molecule has 1 aliphatic rings. The van der Waals surface area contributed by atoms with Crippen LogP contribution >= 0.6 is 12.4 Å². The maximum absolute atomic E-state index is 12.6. The van der Waals surface area contributed by atoms with Gasteiger partial charge in [0.25, 0.3) is 0 Å². The lowest BCUT2D eigenvalue weighted by Crippen LogP contribution is -2.46. The zero-order chi connectivity index (χ0) is 16.1. The molecule has 5 heteroatoms. The van der Waals surface area contributed by atoms with E-state index in [1.807, 2.05) is 31.7 Å². The van der Waals surface area contributed by atoms with Crippen molar-refractivity contribution in [2.24, 2.45) is 11.7 Å². The molecular weight excluding hydrogens is 310 g/mol. The Kier molecular flexibility index (Phi) is 8.03. The molecule has 1 unspecified atom stereocenters. The zero-order valence-corrected chi connectivity index (χ0v) is 15.3. The summed E-state index contributed by atoms with van der Waals surface area (Å²) in [6.07, 6.45) is 0. The fraction of sp³-hybridized carbons (Fsp3) is 0.611. The molecule has 2 rings (SSSR count). The molecule has 1 amide bonds. The van der Waals surface area contributed by atoms with E-state index in [-0.39, 0.29) is 24.4 Å². The molecule has 1 saturated heterocycles. The molecule has 1 aromatic carbocycles. The van der Waals surface area contributed by atoms with E-state index in [9.17, 15) is 4.79 Å². The highest BCUT2D eigenvalue weighted by atomic mass is 35.5. The second kappa shape index (κ2) is 9.26. The van der Waals surface area contributed by atoms with Gasteiger partial charge < -0.3 is 10.6 Å². The Morgan fingerprint density at radius 1 is 1.26 bits per heavy atom. The number of amides is 1. The van der Waals surface area contributed by atoms with Gasteiger partial charge in [-0.25, -0.2) is 0 Å². The number of carbonyl (C=O) groups excluding carboxylic acids is 1. The van der Waals surface area contributed by atoms with Crippen LogP contribution < -0.4 is 5.73 Å². The van der Waals surface area contributed by atoms with Crippen molar-refractivity contribution in [3.63, 3.8) is 0 Å². The van der Waals surface area contributed by atoms with Gasteiger partial charge in [0, 0.05) is 32.1 Å². The Labute approximate surface area is 146 Å². The van der Waals surface area contributed by atoms with Gasteiger partial charge in [-0.3, -0.25) is 9.69 Å². The number of nitrogens with zero attached hydrogens (tertiary/aromatic N) is 2. The van der Waals surface area contributed by atoms with Gasteiger partial charge in [0.15, 0.2) is 0 Å². The van der Waals surface area contributed by atoms with E-state index in [0.29, 0.717) is 18.4 Å². The fourth-order valence-corrected chi connectivity index (χ4v) is 3.49. The van der Waals surface area contributed by atoms with Gasteiger partial charge in [0.05, 0.1) is 6.04 Å². The third kappa shape index (κ3) is 4.46. The lowest BCUT2D eigenvalue weighted by molar-refractivity contribution is -0.135. The normalized spacial score (nSPS) is 22.4. The Morgan fingerprint density at radius 3 is 2.39 bits per heavy atom. The number of hydrogen-bond acceptors (Lipinski definition) is 3. The first-order valence-corrected chi connectivity index (χ1v) is 8.40. The van der Waals surface area contributed by atoms with Gasteiger partial charge in [0.2, 0.25) is 5.91 Å². The third-order valence-corrected chi connectivity index (χ3v) is 4.98. The van der Waals surface area contributed by atoms with Crippen molar-refractivity contribution >= 4 is 18.3 Å². The molecule has 23 heavy (non-hydrogen) atoms. The highest BCUT2D eigenvalue weighted by Crippen LogP contribution is 2.33. The van der Waals surface area contributed by atoms with Crippen LogP contribution in [0.1, 0.15) is 32.3 Å². The molecule has 0 bridgehead atoms. The zero-order valence-electron chi connectivity index (χ0n) is 14.4. The van der Waals surface area contributed by atoms with Crippen LogP contribution in [0.2, 0.25) is 0 Å². The largest absolute Gasteiger partial charge is 0.342 e. The molecule has 4 nitrogen and oxygen atoms in total. The topological polar surface area (TPSA) is 49.6 Å². The number of likely N-dealkylation sites (N-methyl/N-ethyl adjacent to an activating group) is 1. The second-order valence-electron chi connectivity index (χ2n) is 6.15. The Bertz CT molecular complexity index is 478. The lowest BCUT2D eigenvalue weighted by Gasteiger charge is -2.29. The molecule has 1 fully saturated rings. The summed E-state index contributed by atoms with van der Waals surface area (Å²) in [5.74, 6) is 1.09. The fourth-order valence-electron chi connectivity index (χ4n) is 3.49. The van der Waals surface area contributed by atoms with Crippen molar-refractivity contribution in [3.05, 3.63) is 35.9 Å². The number of carbonyl (C=O) groups is 1. The molecule has 0 saturated carbocycles. The molecule has 3 atom stereocenters. The highest BCUT2D eigenvalue weighted by Gasteiger charge is 2.37. The number of nitrogens with two attached hydrogens (primary N) is 1. The molecule has 0 aliphatic carbocycles. The second-order valence-corrected chi connectivity index (χ2v) is 6.15. The number of halogens is 1. The quantitative estimate of drug-likeness (QED) is 0.865. The Hall–Kier alpha value is -1.10. The smallest absolute Gasteiger partial charge is 0.239 e. The molecule has 1 heterocycles. The van der Waals surface area contributed by atoms with Crippen LogP contribution in [0.4, 0.5) is 0 Å². The SMILES string of the molecule is CCN(CC)C(=O)C(C)N1C[C@@H](CN)[C@H](c2ccccc2)C1.Cl.